The van der Waals surface area contributed by atoms with Crippen molar-refractivity contribution in [3.63, 3.8) is 0 Å². The third-order valence-electron chi connectivity index (χ3n) is 2.42. The van der Waals surface area contributed by atoms with Crippen molar-refractivity contribution in [2.24, 2.45) is 0 Å². The number of aryl methyl sites for hydroxylation is 1. The Hall–Kier alpha value is -2.09. The molecule has 0 spiro atoms. The summed E-state index contributed by atoms with van der Waals surface area (Å²) in [6.45, 7) is 1.92. The van der Waals surface area contributed by atoms with Crippen molar-refractivity contribution in [2.45, 2.75) is 13.3 Å². The lowest BCUT2D eigenvalue weighted by Crippen LogP contribution is -2.32. The fraction of sp³-hybridized carbons (Fsp3) is 0.385. The minimum atomic E-state index is -0.493. The summed E-state index contributed by atoms with van der Waals surface area (Å²) < 4.78 is 18.5. The van der Waals surface area contributed by atoms with Crippen molar-refractivity contribution >= 4 is 5.91 Å². The van der Waals surface area contributed by atoms with Gasteiger partial charge in [0.2, 0.25) is 0 Å². The first-order chi connectivity index (χ1) is 8.54. The van der Waals surface area contributed by atoms with E-state index >= 15 is 0 Å². The molecule has 0 aromatic heterocycles. The molecule has 0 aliphatic rings. The van der Waals surface area contributed by atoms with Crippen molar-refractivity contribution in [3.05, 3.63) is 29.6 Å². The Morgan fingerprint density at radius 1 is 1.56 bits per heavy atom. The molecule has 4 nitrogen and oxygen atoms in total. The molecule has 0 N–H and O–H groups in total. The summed E-state index contributed by atoms with van der Waals surface area (Å²) in [7, 11) is 1.58. The highest BCUT2D eigenvalue weighted by Gasteiger charge is 2.11. The Labute approximate surface area is 106 Å². The summed E-state index contributed by atoms with van der Waals surface area (Å²) in [5.74, 6) is -0.712. The summed E-state index contributed by atoms with van der Waals surface area (Å²) >= 11 is 0. The molecule has 5 heteroatoms. The van der Waals surface area contributed by atoms with E-state index in [4.69, 9.17) is 10.00 Å². The van der Waals surface area contributed by atoms with Gasteiger partial charge < -0.3 is 9.64 Å². The fourth-order valence-corrected chi connectivity index (χ4v) is 1.31. The highest BCUT2D eigenvalue weighted by molar-refractivity contribution is 5.77. The smallest absolute Gasteiger partial charge is 0.260 e. The average Bonchev–Trinajstić information content (AvgIpc) is 2.36. The molecule has 0 saturated carbocycles. The second kappa shape index (κ2) is 6.60. The van der Waals surface area contributed by atoms with E-state index in [0.29, 0.717) is 6.54 Å². The molecule has 0 bridgehead atoms. The van der Waals surface area contributed by atoms with Gasteiger partial charge >= 0.3 is 0 Å². The predicted octanol–water partition coefficient (Wildman–Crippen LogP) is 1.89. The van der Waals surface area contributed by atoms with E-state index in [1.54, 1.807) is 13.1 Å². The van der Waals surface area contributed by atoms with Crippen LogP contribution in [-0.4, -0.2) is 31.0 Å². The summed E-state index contributed by atoms with van der Waals surface area (Å²) in [6.07, 6.45) is 0.265. The first-order valence-corrected chi connectivity index (χ1v) is 5.54. The largest absolute Gasteiger partial charge is 0.481 e. The monoisotopic (exact) mass is 250 g/mol. The Kier molecular flexibility index (Phi) is 5.12. The van der Waals surface area contributed by atoms with Gasteiger partial charge in [-0.2, -0.15) is 5.26 Å². The van der Waals surface area contributed by atoms with E-state index < -0.39 is 5.82 Å². The van der Waals surface area contributed by atoms with Gasteiger partial charge in [-0.15, -0.1) is 0 Å². The lowest BCUT2D eigenvalue weighted by molar-refractivity contribution is -0.132. The van der Waals surface area contributed by atoms with Crippen molar-refractivity contribution in [1.29, 1.82) is 5.26 Å². The molecule has 18 heavy (non-hydrogen) atoms. The van der Waals surface area contributed by atoms with Crippen LogP contribution in [-0.2, 0) is 4.79 Å². The Morgan fingerprint density at radius 2 is 2.28 bits per heavy atom. The number of hydrogen-bond donors (Lipinski definition) is 0. The molecule has 0 saturated heterocycles. The summed E-state index contributed by atoms with van der Waals surface area (Å²) in [5, 5.41) is 8.40. The van der Waals surface area contributed by atoms with Crippen molar-refractivity contribution in [3.8, 4) is 11.8 Å². The molecule has 0 aliphatic carbocycles. The van der Waals surface area contributed by atoms with E-state index in [0.717, 1.165) is 5.56 Å². The molecule has 0 atom stereocenters. The van der Waals surface area contributed by atoms with Gasteiger partial charge in [-0.05, 0) is 24.6 Å². The first-order valence-electron chi connectivity index (χ1n) is 5.54. The van der Waals surface area contributed by atoms with Crippen molar-refractivity contribution in [1.82, 2.24) is 4.90 Å². The third kappa shape index (κ3) is 4.06. The van der Waals surface area contributed by atoms with Crippen LogP contribution in [0.15, 0.2) is 18.2 Å². The second-order valence-electron chi connectivity index (χ2n) is 3.95. The number of carbonyl (C=O) groups is 1. The van der Waals surface area contributed by atoms with Gasteiger partial charge in [0, 0.05) is 13.6 Å². The zero-order valence-corrected chi connectivity index (χ0v) is 10.4. The number of nitriles is 1. The molecule has 1 rings (SSSR count). The number of carbonyl (C=O) groups excluding carboxylic acids is 1. The normalized spacial score (nSPS) is 9.67. The highest BCUT2D eigenvalue weighted by Crippen LogP contribution is 2.18. The molecule has 0 unspecified atom stereocenters. The zero-order chi connectivity index (χ0) is 13.5. The Bertz CT molecular complexity index is 469. The Balaban J connectivity index is 2.52. The van der Waals surface area contributed by atoms with Gasteiger partial charge in [-0.1, -0.05) is 6.07 Å². The van der Waals surface area contributed by atoms with Crippen LogP contribution >= 0.6 is 0 Å². The van der Waals surface area contributed by atoms with Gasteiger partial charge in [0.25, 0.3) is 5.91 Å². The number of hydrogen-bond acceptors (Lipinski definition) is 3. The van der Waals surface area contributed by atoms with Gasteiger partial charge in [-0.25, -0.2) is 4.39 Å². The van der Waals surface area contributed by atoms with Crippen LogP contribution in [0.2, 0.25) is 0 Å². The molecule has 1 aromatic carbocycles. The standard InChI is InChI=1S/C13H15FN2O2/c1-10-4-5-11(14)12(8-10)18-9-13(17)16(2)7-3-6-15/h4-5,8H,3,7,9H2,1-2H3. The number of ether oxygens (including phenoxy) is 1. The van der Waals surface area contributed by atoms with Crippen LogP contribution in [0, 0.1) is 24.1 Å². The first kappa shape index (κ1) is 14.0. The molecular weight excluding hydrogens is 235 g/mol. The summed E-state index contributed by atoms with van der Waals surface area (Å²) in [6, 6.07) is 6.42. The molecular formula is C13H15FN2O2. The molecule has 1 aromatic rings. The third-order valence-corrected chi connectivity index (χ3v) is 2.42. The molecule has 1 amide bonds. The maximum Gasteiger partial charge on any atom is 0.260 e. The van der Waals surface area contributed by atoms with E-state index in [2.05, 4.69) is 0 Å². The van der Waals surface area contributed by atoms with Crippen LogP contribution in [0.5, 0.6) is 5.75 Å². The molecule has 0 fully saturated rings. The van der Waals surface area contributed by atoms with Gasteiger partial charge in [-0.3, -0.25) is 4.79 Å². The van der Waals surface area contributed by atoms with Crippen LogP contribution in [0.1, 0.15) is 12.0 Å². The quantitative estimate of drug-likeness (QED) is 0.801. The topological polar surface area (TPSA) is 53.3 Å². The average molecular weight is 250 g/mol. The van der Waals surface area contributed by atoms with E-state index in [1.165, 1.54) is 17.0 Å². The lowest BCUT2D eigenvalue weighted by Gasteiger charge is -2.16. The van der Waals surface area contributed by atoms with E-state index in [-0.39, 0.29) is 24.7 Å². The molecule has 0 heterocycles. The molecule has 0 radical (unpaired) electrons. The molecule has 0 aliphatic heterocycles. The molecule has 96 valence electrons. The van der Waals surface area contributed by atoms with E-state index in [9.17, 15) is 9.18 Å². The van der Waals surface area contributed by atoms with Gasteiger partial charge in [0.15, 0.2) is 18.2 Å². The van der Waals surface area contributed by atoms with Crippen molar-refractivity contribution in [2.75, 3.05) is 20.2 Å². The fourth-order valence-electron chi connectivity index (χ4n) is 1.31. The minimum Gasteiger partial charge on any atom is -0.481 e. The Morgan fingerprint density at radius 3 is 2.94 bits per heavy atom. The van der Waals surface area contributed by atoms with Crippen LogP contribution in [0.3, 0.4) is 0 Å². The van der Waals surface area contributed by atoms with E-state index in [1.807, 2.05) is 13.0 Å². The maximum atomic E-state index is 13.3. The highest BCUT2D eigenvalue weighted by atomic mass is 19.1. The number of likely N-dealkylation sites (N-methyl/N-ethyl adjacent to an activating group) is 1. The zero-order valence-electron chi connectivity index (χ0n) is 10.4. The number of benzene rings is 1. The second-order valence-corrected chi connectivity index (χ2v) is 3.95. The SMILES string of the molecule is Cc1ccc(F)c(OCC(=O)N(C)CCC#N)c1. The van der Waals surface area contributed by atoms with Crippen LogP contribution in [0.25, 0.3) is 0 Å². The van der Waals surface area contributed by atoms with Crippen LogP contribution in [0.4, 0.5) is 4.39 Å². The van der Waals surface area contributed by atoms with Crippen LogP contribution < -0.4 is 4.74 Å². The predicted molar refractivity (Wildman–Crippen MR) is 64.5 cm³/mol. The number of halogens is 1. The van der Waals surface area contributed by atoms with Gasteiger partial charge in [0.05, 0.1) is 12.5 Å². The summed E-state index contributed by atoms with van der Waals surface area (Å²) in [4.78, 5) is 13.0. The van der Waals surface area contributed by atoms with Crippen molar-refractivity contribution < 1.29 is 13.9 Å². The number of amides is 1. The number of nitrogens with zero attached hydrogens (tertiary/aromatic N) is 2. The van der Waals surface area contributed by atoms with Gasteiger partial charge in [0.1, 0.15) is 0 Å². The lowest BCUT2D eigenvalue weighted by atomic mass is 10.2. The maximum absolute atomic E-state index is 13.3. The number of rotatable bonds is 5. The minimum absolute atomic E-state index is 0.0667. The summed E-state index contributed by atoms with van der Waals surface area (Å²) in [5.41, 5.74) is 0.858.